The molecule has 1 aliphatic heterocycles. The van der Waals surface area contributed by atoms with Crippen molar-refractivity contribution in [1.82, 2.24) is 10.2 Å². The number of ether oxygens (including phenoxy) is 1. The summed E-state index contributed by atoms with van der Waals surface area (Å²) >= 11 is 0. The summed E-state index contributed by atoms with van der Waals surface area (Å²) in [7, 11) is 0. The highest BCUT2D eigenvalue weighted by atomic mass is 19.1. The molecule has 1 saturated carbocycles. The van der Waals surface area contributed by atoms with Crippen LogP contribution in [-0.4, -0.2) is 53.5 Å². The number of aliphatic hydroxyl groups excluding tert-OH is 1. The van der Waals surface area contributed by atoms with Gasteiger partial charge in [0, 0.05) is 17.7 Å². The first-order chi connectivity index (χ1) is 15.9. The van der Waals surface area contributed by atoms with Gasteiger partial charge in [0.1, 0.15) is 6.10 Å². The second-order valence-corrected chi connectivity index (χ2v) is 8.59. The van der Waals surface area contributed by atoms with E-state index < -0.39 is 29.7 Å². The zero-order chi connectivity index (χ0) is 23.4. The van der Waals surface area contributed by atoms with Gasteiger partial charge in [-0.1, -0.05) is 12.0 Å². The van der Waals surface area contributed by atoms with Crippen LogP contribution in [0.5, 0.6) is 5.75 Å². The van der Waals surface area contributed by atoms with Gasteiger partial charge in [-0.15, -0.1) is 6.42 Å². The van der Waals surface area contributed by atoms with E-state index in [0.29, 0.717) is 17.7 Å². The highest BCUT2D eigenvalue weighted by Gasteiger charge is 2.30. The van der Waals surface area contributed by atoms with Gasteiger partial charge in [0.2, 0.25) is 5.78 Å². The number of aliphatic hydroxyl groups is 1. The van der Waals surface area contributed by atoms with Crippen LogP contribution in [-0.2, 0) is 4.79 Å². The SMILES string of the molecule is C#Cc1ccc(C(=O)C(=O)N[C@H](CN2CCCC2)[C@H](O)c2ccc(OC3CC3)c(F)c2)cc1. The van der Waals surface area contributed by atoms with E-state index in [1.54, 1.807) is 18.2 Å². The lowest BCUT2D eigenvalue weighted by Gasteiger charge is -2.28. The van der Waals surface area contributed by atoms with Gasteiger partial charge in [-0.3, -0.25) is 9.59 Å². The number of nitrogens with zero attached hydrogens (tertiary/aromatic N) is 1. The summed E-state index contributed by atoms with van der Waals surface area (Å²) in [6.45, 7) is 2.02. The van der Waals surface area contributed by atoms with E-state index in [0.717, 1.165) is 38.8 Å². The lowest BCUT2D eigenvalue weighted by atomic mass is 10.0. The smallest absolute Gasteiger partial charge is 0.292 e. The third-order valence-corrected chi connectivity index (χ3v) is 5.99. The van der Waals surface area contributed by atoms with E-state index in [-0.39, 0.29) is 17.4 Å². The number of nitrogens with one attached hydrogen (secondary N) is 1. The van der Waals surface area contributed by atoms with E-state index in [1.807, 2.05) is 0 Å². The predicted molar refractivity (Wildman–Crippen MR) is 121 cm³/mol. The summed E-state index contributed by atoms with van der Waals surface area (Å²) in [5.74, 6) is 0.494. The average molecular weight is 451 g/mol. The first-order valence-corrected chi connectivity index (χ1v) is 11.2. The van der Waals surface area contributed by atoms with Crippen LogP contribution in [0.3, 0.4) is 0 Å². The highest BCUT2D eigenvalue weighted by Crippen LogP contribution is 2.30. The van der Waals surface area contributed by atoms with E-state index in [1.165, 1.54) is 24.3 Å². The van der Waals surface area contributed by atoms with Gasteiger partial charge in [-0.2, -0.15) is 0 Å². The molecule has 0 bridgehead atoms. The van der Waals surface area contributed by atoms with Crippen LogP contribution in [0.15, 0.2) is 42.5 Å². The number of halogens is 1. The van der Waals surface area contributed by atoms with Crippen molar-refractivity contribution in [3.8, 4) is 18.1 Å². The third kappa shape index (κ3) is 5.78. The minimum absolute atomic E-state index is 0.0539. The number of ketones is 1. The van der Waals surface area contributed by atoms with Crippen LogP contribution in [0.25, 0.3) is 0 Å². The monoisotopic (exact) mass is 450 g/mol. The molecule has 2 atom stereocenters. The molecule has 2 aromatic carbocycles. The minimum Gasteiger partial charge on any atom is -0.487 e. The van der Waals surface area contributed by atoms with E-state index in [9.17, 15) is 19.1 Å². The molecular weight excluding hydrogens is 423 g/mol. The highest BCUT2D eigenvalue weighted by molar-refractivity contribution is 6.42. The van der Waals surface area contributed by atoms with E-state index >= 15 is 0 Å². The molecule has 1 amide bonds. The third-order valence-electron chi connectivity index (χ3n) is 5.99. The molecule has 0 spiro atoms. The largest absolute Gasteiger partial charge is 0.487 e. The maximum atomic E-state index is 14.5. The average Bonchev–Trinajstić information content (AvgIpc) is 3.50. The molecule has 1 saturated heterocycles. The number of hydrogen-bond donors (Lipinski definition) is 2. The van der Waals surface area contributed by atoms with Crippen LogP contribution in [0, 0.1) is 18.2 Å². The van der Waals surface area contributed by atoms with Crippen LogP contribution < -0.4 is 10.1 Å². The summed E-state index contributed by atoms with van der Waals surface area (Å²) < 4.78 is 20.1. The Bertz CT molecular complexity index is 1050. The van der Waals surface area contributed by atoms with E-state index in [4.69, 9.17) is 11.2 Å². The van der Waals surface area contributed by atoms with Gasteiger partial charge in [-0.25, -0.2) is 4.39 Å². The Morgan fingerprint density at radius 3 is 2.48 bits per heavy atom. The van der Waals surface area contributed by atoms with Crippen LogP contribution in [0.4, 0.5) is 4.39 Å². The van der Waals surface area contributed by atoms with Gasteiger partial charge in [0.25, 0.3) is 5.91 Å². The summed E-state index contributed by atoms with van der Waals surface area (Å²) in [6.07, 6.45) is 8.06. The first-order valence-electron chi connectivity index (χ1n) is 11.2. The standard InChI is InChI=1S/C26H27FN2O4/c1-2-17-5-7-18(8-6-17)25(31)26(32)28-22(16-29-13-3-4-14-29)24(30)19-9-12-23(21(27)15-19)33-20-10-11-20/h1,5-9,12,15,20,22,24,30H,3-4,10-11,13-14,16H2,(H,28,32)/t22-,24-/m1/s1. The van der Waals surface area contributed by atoms with Crippen molar-refractivity contribution in [1.29, 1.82) is 0 Å². The Morgan fingerprint density at radius 2 is 1.88 bits per heavy atom. The minimum atomic E-state index is -1.20. The molecule has 7 heteroatoms. The van der Waals surface area contributed by atoms with Crippen molar-refractivity contribution in [2.45, 2.75) is 43.9 Å². The van der Waals surface area contributed by atoms with Gasteiger partial charge >= 0.3 is 0 Å². The number of hydrogen-bond acceptors (Lipinski definition) is 5. The number of carbonyl (C=O) groups is 2. The molecule has 172 valence electrons. The van der Waals surface area contributed by atoms with Crippen molar-refractivity contribution >= 4 is 11.7 Å². The lowest BCUT2D eigenvalue weighted by Crippen LogP contribution is -2.48. The number of Topliss-reactive ketones (excluding diaryl/α,β-unsaturated/α-hetero) is 1. The molecule has 2 aromatic rings. The maximum Gasteiger partial charge on any atom is 0.292 e. The van der Waals surface area contributed by atoms with Crippen LogP contribution in [0.1, 0.15) is 53.3 Å². The number of benzene rings is 2. The maximum absolute atomic E-state index is 14.5. The Hall–Kier alpha value is -3.21. The predicted octanol–water partition coefficient (Wildman–Crippen LogP) is 2.85. The Kier molecular flexibility index (Phi) is 7.07. The lowest BCUT2D eigenvalue weighted by molar-refractivity contribution is -0.118. The van der Waals surface area contributed by atoms with Gasteiger partial charge in [0.05, 0.1) is 12.1 Å². The summed E-state index contributed by atoms with van der Waals surface area (Å²) in [6, 6.07) is 9.70. The molecule has 4 rings (SSSR count). The Labute approximate surface area is 192 Å². The fourth-order valence-electron chi connectivity index (χ4n) is 3.95. The Morgan fingerprint density at radius 1 is 1.18 bits per heavy atom. The molecule has 2 aliphatic rings. The second kappa shape index (κ2) is 10.2. The summed E-state index contributed by atoms with van der Waals surface area (Å²) in [5.41, 5.74) is 1.12. The topological polar surface area (TPSA) is 78.9 Å². The van der Waals surface area contributed by atoms with Crippen molar-refractivity contribution in [2.75, 3.05) is 19.6 Å². The fourth-order valence-corrected chi connectivity index (χ4v) is 3.95. The number of carbonyl (C=O) groups excluding carboxylic acids is 2. The van der Waals surface area contributed by atoms with Crippen molar-refractivity contribution < 1.29 is 23.8 Å². The van der Waals surface area contributed by atoms with E-state index in [2.05, 4.69) is 16.1 Å². The van der Waals surface area contributed by atoms with Crippen molar-refractivity contribution in [2.24, 2.45) is 0 Å². The molecule has 0 radical (unpaired) electrons. The first kappa shape index (κ1) is 23.0. The number of terminal acetylenes is 1. The molecule has 2 fully saturated rings. The normalized spacial score (nSPS) is 17.7. The summed E-state index contributed by atoms with van der Waals surface area (Å²) in [5, 5.41) is 13.7. The zero-order valence-electron chi connectivity index (χ0n) is 18.3. The zero-order valence-corrected chi connectivity index (χ0v) is 18.3. The quantitative estimate of drug-likeness (QED) is 0.349. The number of likely N-dealkylation sites (tertiary alicyclic amines) is 1. The molecule has 6 nitrogen and oxygen atoms in total. The molecule has 1 aliphatic carbocycles. The van der Waals surface area contributed by atoms with Crippen molar-refractivity contribution in [3.05, 3.63) is 65.0 Å². The molecule has 0 aromatic heterocycles. The summed E-state index contributed by atoms with van der Waals surface area (Å²) in [4.78, 5) is 27.5. The number of rotatable bonds is 9. The number of amides is 1. The van der Waals surface area contributed by atoms with Crippen molar-refractivity contribution in [3.63, 3.8) is 0 Å². The van der Waals surface area contributed by atoms with Gasteiger partial charge in [-0.05, 0) is 80.7 Å². The molecule has 1 heterocycles. The van der Waals surface area contributed by atoms with Gasteiger partial charge in [0.15, 0.2) is 11.6 Å². The second-order valence-electron chi connectivity index (χ2n) is 8.59. The van der Waals surface area contributed by atoms with Gasteiger partial charge < -0.3 is 20.1 Å². The van der Waals surface area contributed by atoms with Crippen LogP contribution >= 0.6 is 0 Å². The molecule has 0 unspecified atom stereocenters. The molecule has 2 N–H and O–H groups in total. The molecular formula is C26H27FN2O4. The fraction of sp³-hybridized carbons (Fsp3) is 0.385. The van der Waals surface area contributed by atoms with Crippen LogP contribution in [0.2, 0.25) is 0 Å². The molecule has 33 heavy (non-hydrogen) atoms. The Balaban J connectivity index is 1.49.